The molecule has 2 aromatic rings. The van der Waals surface area contributed by atoms with Gasteiger partial charge in [-0.15, -0.1) is 0 Å². The first-order valence-corrected chi connectivity index (χ1v) is 8.85. The van der Waals surface area contributed by atoms with Gasteiger partial charge in [0.1, 0.15) is 12.9 Å². The highest BCUT2D eigenvalue weighted by Gasteiger charge is 2.16. The highest BCUT2D eigenvalue weighted by Crippen LogP contribution is 2.23. The summed E-state index contributed by atoms with van der Waals surface area (Å²) in [5, 5.41) is 4.01. The Morgan fingerprint density at radius 3 is 2.26 bits per heavy atom. The highest BCUT2D eigenvalue weighted by atomic mass is 16.6. The van der Waals surface area contributed by atoms with Gasteiger partial charge in [-0.3, -0.25) is 4.79 Å². The van der Waals surface area contributed by atoms with Gasteiger partial charge in [0.05, 0.1) is 13.5 Å². The maximum Gasteiger partial charge on any atom is 0.310 e. The van der Waals surface area contributed by atoms with Gasteiger partial charge in [0.15, 0.2) is 0 Å². The number of methoxy groups -OCH3 is 1. The molecule has 0 N–H and O–H groups in total. The van der Waals surface area contributed by atoms with Crippen molar-refractivity contribution in [1.82, 2.24) is 0 Å². The quantitative estimate of drug-likeness (QED) is 0.328. The number of hydrogen-bond acceptors (Lipinski definition) is 5. The summed E-state index contributed by atoms with van der Waals surface area (Å²) < 4.78 is 10.7. The number of oxime groups is 1. The Morgan fingerprint density at radius 2 is 1.67 bits per heavy atom. The predicted molar refractivity (Wildman–Crippen MR) is 106 cm³/mol. The van der Waals surface area contributed by atoms with E-state index in [-0.39, 0.29) is 17.8 Å². The first-order chi connectivity index (χ1) is 12.8. The zero-order valence-electron chi connectivity index (χ0n) is 16.6. The number of carbonyl (C=O) groups is 1. The summed E-state index contributed by atoms with van der Waals surface area (Å²) in [6.07, 6.45) is 1.11. The van der Waals surface area contributed by atoms with Crippen LogP contribution in [0.5, 0.6) is 5.75 Å². The minimum atomic E-state index is -0.328. The Hall–Kier alpha value is -2.82. The fourth-order valence-electron chi connectivity index (χ4n) is 2.72. The molecule has 144 valence electrons. The van der Waals surface area contributed by atoms with Crippen molar-refractivity contribution in [2.24, 2.45) is 10.6 Å². The molecule has 0 amide bonds. The van der Waals surface area contributed by atoms with Gasteiger partial charge in [-0.1, -0.05) is 51.1 Å². The van der Waals surface area contributed by atoms with Crippen LogP contribution >= 0.6 is 0 Å². The molecule has 0 aliphatic carbocycles. The van der Waals surface area contributed by atoms with Crippen LogP contribution in [0.1, 0.15) is 37.5 Å². The lowest BCUT2D eigenvalue weighted by Crippen LogP contribution is -2.16. The second kappa shape index (κ2) is 9.21. The van der Waals surface area contributed by atoms with Crippen LogP contribution in [0.3, 0.4) is 0 Å². The van der Waals surface area contributed by atoms with Crippen LogP contribution in [0.4, 0.5) is 0 Å². The van der Waals surface area contributed by atoms with Crippen molar-refractivity contribution in [2.45, 2.75) is 33.6 Å². The van der Waals surface area contributed by atoms with E-state index < -0.39 is 0 Å². The third-order valence-electron chi connectivity index (χ3n) is 3.86. The number of carbonyl (C=O) groups excluding carboxylic acids is 1. The summed E-state index contributed by atoms with van der Waals surface area (Å²) in [6, 6.07) is 15.3. The second-order valence-corrected chi connectivity index (χ2v) is 7.47. The molecule has 0 aliphatic heterocycles. The van der Waals surface area contributed by atoms with Crippen LogP contribution in [0.25, 0.3) is 0 Å². The Kier molecular flexibility index (Phi) is 6.99. The van der Waals surface area contributed by atoms with E-state index in [9.17, 15) is 4.79 Å². The minimum Gasteiger partial charge on any atom is -0.469 e. The molecule has 0 heterocycles. The minimum absolute atomic E-state index is 0.128. The summed E-state index contributed by atoms with van der Waals surface area (Å²) in [4.78, 5) is 16.6. The van der Waals surface area contributed by atoms with Gasteiger partial charge >= 0.3 is 5.97 Å². The molecule has 27 heavy (non-hydrogen) atoms. The molecule has 0 radical (unpaired) electrons. The van der Waals surface area contributed by atoms with Crippen molar-refractivity contribution in [1.29, 1.82) is 0 Å². The molecular formula is C22H27NO4. The first kappa shape index (κ1) is 20.5. The molecular weight excluding hydrogens is 342 g/mol. The Balaban J connectivity index is 2.24. The van der Waals surface area contributed by atoms with E-state index in [4.69, 9.17) is 14.3 Å². The third kappa shape index (κ3) is 6.44. The second-order valence-electron chi connectivity index (χ2n) is 7.47. The fourth-order valence-corrected chi connectivity index (χ4v) is 2.72. The summed E-state index contributed by atoms with van der Waals surface area (Å²) >= 11 is 0. The van der Waals surface area contributed by atoms with Crippen molar-refractivity contribution in [2.75, 3.05) is 14.2 Å². The third-order valence-corrected chi connectivity index (χ3v) is 3.86. The molecule has 2 rings (SSSR count). The van der Waals surface area contributed by atoms with Crippen LogP contribution in [-0.4, -0.2) is 26.1 Å². The van der Waals surface area contributed by atoms with Crippen molar-refractivity contribution >= 4 is 11.9 Å². The van der Waals surface area contributed by atoms with Crippen molar-refractivity contribution in [3.8, 4) is 5.75 Å². The Bertz CT molecular complexity index is 789. The van der Waals surface area contributed by atoms with Gasteiger partial charge in [-0.2, -0.15) is 0 Å². The normalized spacial score (nSPS) is 11.8. The fraction of sp³-hybridized carbons (Fsp3) is 0.364. The van der Waals surface area contributed by atoms with E-state index in [2.05, 4.69) is 25.9 Å². The van der Waals surface area contributed by atoms with E-state index in [1.54, 1.807) is 0 Å². The highest BCUT2D eigenvalue weighted by molar-refractivity contribution is 5.97. The van der Waals surface area contributed by atoms with E-state index in [1.165, 1.54) is 19.8 Å². The van der Waals surface area contributed by atoms with E-state index >= 15 is 0 Å². The van der Waals surface area contributed by atoms with Gasteiger partial charge in [0, 0.05) is 5.56 Å². The van der Waals surface area contributed by atoms with Crippen LogP contribution in [-0.2, 0) is 27.2 Å². The molecule has 0 bridgehead atoms. The van der Waals surface area contributed by atoms with Gasteiger partial charge in [-0.25, -0.2) is 0 Å². The molecule has 5 heteroatoms. The van der Waals surface area contributed by atoms with E-state index in [0.29, 0.717) is 17.2 Å². The molecule has 0 aliphatic rings. The molecule has 0 saturated heterocycles. The lowest BCUT2D eigenvalue weighted by molar-refractivity contribution is -0.139. The summed E-state index contributed by atoms with van der Waals surface area (Å²) in [6.45, 7) is 6.62. The number of rotatable bonds is 6. The average molecular weight is 369 g/mol. The van der Waals surface area contributed by atoms with Gasteiger partial charge in [0.25, 0.3) is 5.90 Å². The number of benzene rings is 2. The maximum atomic E-state index is 11.7. The van der Waals surface area contributed by atoms with E-state index in [0.717, 1.165) is 12.0 Å². The molecule has 0 unspecified atom stereocenters. The molecule has 0 spiro atoms. The summed E-state index contributed by atoms with van der Waals surface area (Å²) in [5.41, 5.74) is 2.90. The maximum absolute atomic E-state index is 11.7. The topological polar surface area (TPSA) is 57.1 Å². The first-order valence-electron chi connectivity index (χ1n) is 8.85. The molecule has 2 aromatic carbocycles. The van der Waals surface area contributed by atoms with Crippen molar-refractivity contribution in [3.63, 3.8) is 0 Å². The van der Waals surface area contributed by atoms with Crippen molar-refractivity contribution < 1.29 is 19.1 Å². The largest absolute Gasteiger partial charge is 0.469 e. The van der Waals surface area contributed by atoms with Gasteiger partial charge in [-0.05, 0) is 46.3 Å². The molecule has 0 saturated carbocycles. The summed E-state index contributed by atoms with van der Waals surface area (Å²) in [5.74, 6) is 0.614. The van der Waals surface area contributed by atoms with Crippen LogP contribution in [0.2, 0.25) is 0 Å². The monoisotopic (exact) mass is 369 g/mol. The van der Waals surface area contributed by atoms with Crippen LogP contribution < -0.4 is 4.74 Å². The number of hydrogen-bond donors (Lipinski definition) is 0. The Labute approximate surface area is 160 Å². The van der Waals surface area contributed by atoms with Crippen molar-refractivity contribution in [3.05, 3.63) is 65.2 Å². The number of esters is 1. The molecule has 0 fully saturated rings. The lowest BCUT2D eigenvalue weighted by atomic mass is 9.88. The molecule has 0 atom stereocenters. The zero-order valence-corrected chi connectivity index (χ0v) is 16.6. The smallest absolute Gasteiger partial charge is 0.310 e. The van der Waals surface area contributed by atoms with Gasteiger partial charge in [0.2, 0.25) is 0 Å². The lowest BCUT2D eigenvalue weighted by Gasteiger charge is -2.18. The number of nitrogens with zero attached hydrogens (tertiary/aromatic N) is 1. The van der Waals surface area contributed by atoms with E-state index in [1.807, 2.05) is 48.5 Å². The molecule has 5 nitrogen and oxygen atoms in total. The molecule has 0 aromatic heterocycles. The zero-order chi connectivity index (χ0) is 19.9. The average Bonchev–Trinajstić information content (AvgIpc) is 2.62. The van der Waals surface area contributed by atoms with Crippen LogP contribution in [0, 0.1) is 5.41 Å². The Morgan fingerprint density at radius 1 is 1.00 bits per heavy atom. The SMILES string of the molecule is CO/N=C(/Oc1ccc(CC(C)(C)C)cc1)c1ccccc1CC(=O)OC. The summed E-state index contributed by atoms with van der Waals surface area (Å²) in [7, 11) is 2.82. The van der Waals surface area contributed by atoms with Crippen LogP contribution in [0.15, 0.2) is 53.7 Å². The number of ether oxygens (including phenoxy) is 2. The predicted octanol–water partition coefficient (Wildman–Crippen LogP) is 4.38. The van der Waals surface area contributed by atoms with Gasteiger partial charge < -0.3 is 14.3 Å². The standard InChI is InChI=1S/C22H27NO4/c1-22(2,3)15-16-10-12-18(13-11-16)27-21(23-26-5)19-9-7-6-8-17(19)14-20(24)25-4/h6-13H,14-15H2,1-5H3/b23-21+.